The molecule has 2 aromatic heterocycles. The summed E-state index contributed by atoms with van der Waals surface area (Å²) in [6, 6.07) is 4.10. The Kier molecular flexibility index (Phi) is 2.91. The molecular weight excluding hydrogens is 228 g/mol. The third-order valence-corrected chi connectivity index (χ3v) is 3.52. The van der Waals surface area contributed by atoms with Gasteiger partial charge in [0.2, 0.25) is 5.88 Å². The van der Waals surface area contributed by atoms with Crippen molar-refractivity contribution in [3.8, 4) is 5.88 Å². The highest BCUT2D eigenvalue weighted by Crippen LogP contribution is 2.23. The van der Waals surface area contributed by atoms with Crippen LogP contribution in [0.5, 0.6) is 5.88 Å². The highest BCUT2D eigenvalue weighted by molar-refractivity contribution is 5.43. The number of fused-ring (bicyclic) bond motifs is 1. The van der Waals surface area contributed by atoms with E-state index in [9.17, 15) is 0 Å². The summed E-state index contributed by atoms with van der Waals surface area (Å²) in [5, 5.41) is 4.19. The number of aryl methyl sites for hydroxylation is 1. The van der Waals surface area contributed by atoms with Crippen LogP contribution >= 0.6 is 0 Å². The van der Waals surface area contributed by atoms with E-state index in [1.807, 2.05) is 19.1 Å². The SMILES string of the molecule is Cc1cc(OC2CCCCC2N)n2ncnc2c1. The van der Waals surface area contributed by atoms with E-state index in [1.165, 1.54) is 12.8 Å². The molecule has 0 radical (unpaired) electrons. The smallest absolute Gasteiger partial charge is 0.217 e. The predicted octanol–water partition coefficient (Wildman–Crippen LogP) is 1.69. The highest BCUT2D eigenvalue weighted by atomic mass is 16.5. The van der Waals surface area contributed by atoms with Gasteiger partial charge in [-0.25, -0.2) is 4.98 Å². The topological polar surface area (TPSA) is 65.4 Å². The summed E-state index contributed by atoms with van der Waals surface area (Å²) in [5.74, 6) is 0.741. The Bertz CT molecular complexity index is 551. The van der Waals surface area contributed by atoms with E-state index in [2.05, 4.69) is 10.1 Å². The number of aromatic nitrogens is 3. The molecule has 2 N–H and O–H groups in total. The largest absolute Gasteiger partial charge is 0.473 e. The Hall–Kier alpha value is -1.62. The van der Waals surface area contributed by atoms with Crippen LogP contribution in [-0.4, -0.2) is 26.7 Å². The lowest BCUT2D eigenvalue weighted by Crippen LogP contribution is -2.41. The first-order valence-electron chi connectivity index (χ1n) is 6.46. The Labute approximate surface area is 106 Å². The van der Waals surface area contributed by atoms with Gasteiger partial charge in [0.05, 0.1) is 0 Å². The Balaban J connectivity index is 1.91. The van der Waals surface area contributed by atoms with Gasteiger partial charge in [0.1, 0.15) is 12.4 Å². The fourth-order valence-electron chi connectivity index (χ4n) is 2.53. The van der Waals surface area contributed by atoms with Crippen molar-refractivity contribution in [2.45, 2.75) is 44.8 Å². The average Bonchev–Trinajstić information content (AvgIpc) is 2.80. The second-order valence-corrected chi connectivity index (χ2v) is 5.01. The monoisotopic (exact) mass is 246 g/mol. The van der Waals surface area contributed by atoms with Crippen molar-refractivity contribution in [2.75, 3.05) is 0 Å². The van der Waals surface area contributed by atoms with Gasteiger partial charge < -0.3 is 10.5 Å². The fourth-order valence-corrected chi connectivity index (χ4v) is 2.53. The first-order valence-corrected chi connectivity index (χ1v) is 6.46. The van der Waals surface area contributed by atoms with E-state index in [1.54, 1.807) is 10.8 Å². The van der Waals surface area contributed by atoms with E-state index < -0.39 is 0 Å². The zero-order valence-corrected chi connectivity index (χ0v) is 10.5. The highest BCUT2D eigenvalue weighted by Gasteiger charge is 2.24. The molecule has 1 aliphatic carbocycles. The molecule has 2 heterocycles. The number of nitrogens with two attached hydrogens (primary N) is 1. The lowest BCUT2D eigenvalue weighted by molar-refractivity contribution is 0.123. The van der Waals surface area contributed by atoms with Crippen LogP contribution in [-0.2, 0) is 0 Å². The van der Waals surface area contributed by atoms with Crippen LogP contribution in [0.2, 0.25) is 0 Å². The van der Waals surface area contributed by atoms with Crippen LogP contribution in [0.3, 0.4) is 0 Å². The van der Waals surface area contributed by atoms with Gasteiger partial charge in [-0.3, -0.25) is 0 Å². The molecule has 0 amide bonds. The normalized spacial score (nSPS) is 24.3. The van der Waals surface area contributed by atoms with E-state index in [4.69, 9.17) is 10.5 Å². The van der Waals surface area contributed by atoms with Gasteiger partial charge in [0.25, 0.3) is 0 Å². The molecule has 1 saturated carbocycles. The van der Waals surface area contributed by atoms with E-state index >= 15 is 0 Å². The van der Waals surface area contributed by atoms with Crippen molar-refractivity contribution in [3.63, 3.8) is 0 Å². The van der Waals surface area contributed by atoms with Crippen LogP contribution in [0.25, 0.3) is 5.65 Å². The summed E-state index contributed by atoms with van der Waals surface area (Å²) in [7, 11) is 0. The molecule has 2 aromatic rings. The van der Waals surface area contributed by atoms with Crippen LogP contribution < -0.4 is 10.5 Å². The standard InChI is InChI=1S/C13H18N4O/c1-9-6-12-15-8-16-17(12)13(7-9)18-11-5-3-2-4-10(11)14/h6-8,10-11H,2-5,14H2,1H3. The van der Waals surface area contributed by atoms with Crippen LogP contribution in [0.1, 0.15) is 31.2 Å². The first kappa shape index (κ1) is 11.5. The van der Waals surface area contributed by atoms with Crippen molar-refractivity contribution < 1.29 is 4.74 Å². The molecule has 18 heavy (non-hydrogen) atoms. The van der Waals surface area contributed by atoms with Crippen LogP contribution in [0.4, 0.5) is 0 Å². The van der Waals surface area contributed by atoms with Crippen molar-refractivity contribution in [1.29, 1.82) is 0 Å². The Morgan fingerprint density at radius 3 is 3.00 bits per heavy atom. The number of hydrogen-bond donors (Lipinski definition) is 1. The molecular formula is C13H18N4O. The molecule has 2 unspecified atom stereocenters. The molecule has 0 aliphatic heterocycles. The van der Waals surface area contributed by atoms with E-state index in [0.29, 0.717) is 0 Å². The zero-order valence-electron chi connectivity index (χ0n) is 10.5. The third kappa shape index (κ3) is 2.06. The van der Waals surface area contributed by atoms with Gasteiger partial charge >= 0.3 is 0 Å². The minimum atomic E-state index is 0.0907. The maximum Gasteiger partial charge on any atom is 0.217 e. The molecule has 96 valence electrons. The molecule has 1 aliphatic rings. The summed E-state index contributed by atoms with van der Waals surface area (Å²) >= 11 is 0. The molecule has 0 bridgehead atoms. The molecule has 5 nitrogen and oxygen atoms in total. The third-order valence-electron chi connectivity index (χ3n) is 3.52. The minimum absolute atomic E-state index is 0.0907. The van der Waals surface area contributed by atoms with Gasteiger partial charge in [-0.2, -0.15) is 9.61 Å². The summed E-state index contributed by atoms with van der Waals surface area (Å²) in [5.41, 5.74) is 8.05. The van der Waals surface area contributed by atoms with Crippen molar-refractivity contribution in [1.82, 2.24) is 14.6 Å². The number of nitrogens with zero attached hydrogens (tertiary/aromatic N) is 3. The van der Waals surface area contributed by atoms with Crippen molar-refractivity contribution in [3.05, 3.63) is 24.0 Å². The summed E-state index contributed by atoms with van der Waals surface area (Å²) in [6.07, 6.45) is 6.08. The molecule has 3 rings (SSSR count). The lowest BCUT2D eigenvalue weighted by Gasteiger charge is -2.29. The minimum Gasteiger partial charge on any atom is -0.473 e. The van der Waals surface area contributed by atoms with E-state index in [-0.39, 0.29) is 12.1 Å². The maximum absolute atomic E-state index is 6.11. The molecule has 0 saturated heterocycles. The van der Waals surface area contributed by atoms with Gasteiger partial charge in [0, 0.05) is 12.1 Å². The molecule has 0 aromatic carbocycles. The van der Waals surface area contributed by atoms with Gasteiger partial charge in [-0.05, 0) is 37.8 Å². The molecule has 0 spiro atoms. The van der Waals surface area contributed by atoms with E-state index in [0.717, 1.165) is 29.9 Å². The average molecular weight is 246 g/mol. The number of pyridine rings is 1. The van der Waals surface area contributed by atoms with Crippen LogP contribution in [0.15, 0.2) is 18.5 Å². The fraction of sp³-hybridized carbons (Fsp3) is 0.538. The number of ether oxygens (including phenoxy) is 1. The maximum atomic E-state index is 6.11. The first-order chi connectivity index (χ1) is 8.74. The van der Waals surface area contributed by atoms with Crippen LogP contribution in [0, 0.1) is 6.92 Å². The molecule has 2 atom stereocenters. The summed E-state index contributed by atoms with van der Waals surface area (Å²) in [6.45, 7) is 2.03. The van der Waals surface area contributed by atoms with Crippen molar-refractivity contribution >= 4 is 5.65 Å². The number of rotatable bonds is 2. The Morgan fingerprint density at radius 1 is 1.33 bits per heavy atom. The number of hydrogen-bond acceptors (Lipinski definition) is 4. The van der Waals surface area contributed by atoms with Gasteiger partial charge in [-0.1, -0.05) is 6.42 Å². The predicted molar refractivity (Wildman–Crippen MR) is 68.6 cm³/mol. The molecule has 1 fully saturated rings. The summed E-state index contributed by atoms with van der Waals surface area (Å²) in [4.78, 5) is 4.19. The summed E-state index contributed by atoms with van der Waals surface area (Å²) < 4.78 is 7.79. The second kappa shape index (κ2) is 4.57. The quantitative estimate of drug-likeness (QED) is 0.875. The van der Waals surface area contributed by atoms with Crippen molar-refractivity contribution in [2.24, 2.45) is 5.73 Å². The Morgan fingerprint density at radius 2 is 2.17 bits per heavy atom. The second-order valence-electron chi connectivity index (χ2n) is 5.01. The molecule has 5 heteroatoms. The van der Waals surface area contributed by atoms with Gasteiger partial charge in [0.15, 0.2) is 5.65 Å². The zero-order chi connectivity index (χ0) is 12.5. The lowest BCUT2D eigenvalue weighted by atomic mass is 9.93. The van der Waals surface area contributed by atoms with Gasteiger partial charge in [-0.15, -0.1) is 0 Å².